The molecular weight excluding hydrogens is 308 g/mol. The molecule has 1 amide bonds. The average Bonchev–Trinajstić information content (AvgIpc) is 2.56. The first-order chi connectivity index (χ1) is 11.1. The van der Waals surface area contributed by atoms with Gasteiger partial charge in [-0.25, -0.2) is 0 Å². The normalized spacial score (nSPS) is 11.4. The molecule has 0 fully saturated rings. The van der Waals surface area contributed by atoms with Crippen LogP contribution in [0.5, 0.6) is 5.75 Å². The molecule has 0 heterocycles. The lowest BCUT2D eigenvalue weighted by atomic mass is 10.1. The first kappa shape index (κ1) is 17.0. The molecule has 0 aliphatic heterocycles. The molecule has 4 nitrogen and oxygen atoms in total. The van der Waals surface area contributed by atoms with Crippen LogP contribution in [0.2, 0.25) is 0 Å². The van der Waals surface area contributed by atoms with Gasteiger partial charge >= 0.3 is 0 Å². The number of rotatable bonds is 5. The maximum absolute atomic E-state index is 12.1. The summed E-state index contributed by atoms with van der Waals surface area (Å²) in [6.07, 6.45) is 0.343. The quantitative estimate of drug-likeness (QED) is 0.825. The third-order valence-corrected chi connectivity index (χ3v) is 3.49. The van der Waals surface area contributed by atoms with Crippen molar-refractivity contribution < 1.29 is 9.53 Å². The number of aryl methyl sites for hydroxylation is 1. The highest BCUT2D eigenvalue weighted by Gasteiger charge is 2.15. The van der Waals surface area contributed by atoms with Crippen molar-refractivity contribution in [2.45, 2.75) is 26.4 Å². The summed E-state index contributed by atoms with van der Waals surface area (Å²) in [4.78, 5) is 12.1. The number of benzene rings is 2. The van der Waals surface area contributed by atoms with Crippen LogP contribution in [-0.4, -0.2) is 17.1 Å². The molecule has 1 atom stereocenters. The molecule has 0 unspecified atom stereocenters. The highest BCUT2D eigenvalue weighted by atomic mass is 32.1. The first-order valence-corrected chi connectivity index (χ1v) is 7.92. The van der Waals surface area contributed by atoms with Crippen molar-refractivity contribution in [1.29, 1.82) is 0 Å². The fourth-order valence-electron chi connectivity index (χ4n) is 1.96. The lowest BCUT2D eigenvalue weighted by Gasteiger charge is -2.15. The van der Waals surface area contributed by atoms with Crippen LogP contribution >= 0.6 is 12.2 Å². The summed E-state index contributed by atoms with van der Waals surface area (Å²) in [5.41, 5.74) is 2.08. The molecule has 0 saturated heterocycles. The van der Waals surface area contributed by atoms with Gasteiger partial charge in [0.05, 0.1) is 0 Å². The van der Waals surface area contributed by atoms with Crippen LogP contribution in [0.25, 0.3) is 0 Å². The van der Waals surface area contributed by atoms with E-state index in [4.69, 9.17) is 17.0 Å². The van der Waals surface area contributed by atoms with E-state index in [0.29, 0.717) is 5.75 Å². The number of thiocarbonyl (C=S) groups is 1. The van der Waals surface area contributed by atoms with E-state index in [1.807, 2.05) is 42.5 Å². The van der Waals surface area contributed by atoms with E-state index in [1.165, 1.54) is 5.56 Å². The second kappa shape index (κ2) is 8.29. The van der Waals surface area contributed by atoms with Crippen LogP contribution in [0.1, 0.15) is 19.4 Å². The number of carbonyl (C=O) groups excluding carboxylic acids is 1. The largest absolute Gasteiger partial charge is 0.481 e. The molecule has 0 aliphatic carbocycles. The zero-order chi connectivity index (χ0) is 16.7. The molecule has 0 radical (unpaired) electrons. The Kier molecular flexibility index (Phi) is 6.11. The minimum Gasteiger partial charge on any atom is -0.481 e. The van der Waals surface area contributed by atoms with Crippen LogP contribution in [0.15, 0.2) is 54.6 Å². The second-order valence-electron chi connectivity index (χ2n) is 5.07. The predicted molar refractivity (Wildman–Crippen MR) is 96.7 cm³/mol. The van der Waals surface area contributed by atoms with Gasteiger partial charge in [0.1, 0.15) is 5.75 Å². The van der Waals surface area contributed by atoms with E-state index >= 15 is 0 Å². The highest BCUT2D eigenvalue weighted by molar-refractivity contribution is 7.80. The number of amides is 1. The third kappa shape index (κ3) is 5.38. The second-order valence-corrected chi connectivity index (χ2v) is 5.48. The van der Waals surface area contributed by atoms with E-state index in [-0.39, 0.29) is 11.0 Å². The molecule has 120 valence electrons. The number of nitrogens with one attached hydrogen (secondary N) is 2. The van der Waals surface area contributed by atoms with Crippen molar-refractivity contribution in [3.05, 3.63) is 60.2 Å². The van der Waals surface area contributed by atoms with E-state index in [1.54, 1.807) is 19.1 Å². The monoisotopic (exact) mass is 328 g/mol. The van der Waals surface area contributed by atoms with Crippen molar-refractivity contribution in [1.82, 2.24) is 5.32 Å². The smallest absolute Gasteiger partial charge is 0.266 e. The molecule has 2 rings (SSSR count). The Balaban J connectivity index is 1.84. The Hall–Kier alpha value is -2.40. The van der Waals surface area contributed by atoms with Gasteiger partial charge in [0.15, 0.2) is 11.2 Å². The van der Waals surface area contributed by atoms with Crippen LogP contribution in [0, 0.1) is 0 Å². The Morgan fingerprint density at radius 3 is 2.39 bits per heavy atom. The van der Waals surface area contributed by atoms with Gasteiger partial charge in [-0.2, -0.15) is 0 Å². The lowest BCUT2D eigenvalue weighted by molar-refractivity contribution is -0.125. The topological polar surface area (TPSA) is 50.4 Å². The summed E-state index contributed by atoms with van der Waals surface area (Å²) in [6, 6.07) is 17.1. The zero-order valence-electron chi connectivity index (χ0n) is 13.2. The standard InChI is InChI=1S/C18H20N2O2S/c1-3-14-9-11-15(12-10-14)19-18(23)20-17(21)13(2)22-16-7-5-4-6-8-16/h4-13H,3H2,1-2H3,(H2,19,20,21,23)/t13-/m0/s1. The van der Waals surface area contributed by atoms with E-state index < -0.39 is 6.10 Å². The number of hydrogen-bond donors (Lipinski definition) is 2. The van der Waals surface area contributed by atoms with Crippen molar-refractivity contribution in [2.75, 3.05) is 5.32 Å². The Bertz CT molecular complexity index is 656. The molecule has 2 aromatic carbocycles. The highest BCUT2D eigenvalue weighted by Crippen LogP contribution is 2.11. The van der Waals surface area contributed by atoms with E-state index in [9.17, 15) is 4.79 Å². The van der Waals surface area contributed by atoms with Gasteiger partial charge < -0.3 is 10.1 Å². The number of para-hydroxylation sites is 1. The number of carbonyl (C=O) groups is 1. The Morgan fingerprint density at radius 1 is 1.13 bits per heavy atom. The molecule has 0 aliphatic rings. The fourth-order valence-corrected chi connectivity index (χ4v) is 2.17. The first-order valence-electron chi connectivity index (χ1n) is 7.51. The average molecular weight is 328 g/mol. The lowest BCUT2D eigenvalue weighted by Crippen LogP contribution is -2.42. The third-order valence-electron chi connectivity index (χ3n) is 3.28. The van der Waals surface area contributed by atoms with Gasteiger partial charge in [0.2, 0.25) is 0 Å². The summed E-state index contributed by atoms with van der Waals surface area (Å²) in [5.74, 6) is 0.348. The molecule has 0 spiro atoms. The predicted octanol–water partition coefficient (Wildman–Crippen LogP) is 3.53. The Labute approximate surface area is 141 Å². The van der Waals surface area contributed by atoms with Crippen LogP contribution in [0.3, 0.4) is 0 Å². The minimum absolute atomic E-state index is 0.253. The van der Waals surface area contributed by atoms with Crippen LogP contribution in [-0.2, 0) is 11.2 Å². The molecule has 0 saturated carbocycles. The van der Waals surface area contributed by atoms with Crippen molar-refractivity contribution in [3.63, 3.8) is 0 Å². The summed E-state index contributed by atoms with van der Waals surface area (Å²) in [6.45, 7) is 3.78. The van der Waals surface area contributed by atoms with Gasteiger partial charge in [-0.1, -0.05) is 37.3 Å². The van der Waals surface area contributed by atoms with Gasteiger partial charge in [0, 0.05) is 5.69 Å². The summed E-state index contributed by atoms with van der Waals surface area (Å²) in [7, 11) is 0. The SMILES string of the molecule is CCc1ccc(NC(=S)NC(=O)[C@H](C)Oc2ccccc2)cc1. The Morgan fingerprint density at radius 2 is 1.78 bits per heavy atom. The maximum Gasteiger partial charge on any atom is 0.266 e. The molecule has 2 aromatic rings. The number of ether oxygens (including phenoxy) is 1. The summed E-state index contributed by atoms with van der Waals surface area (Å²) >= 11 is 5.16. The van der Waals surface area contributed by atoms with Gasteiger partial charge in [-0.15, -0.1) is 0 Å². The molecule has 5 heteroatoms. The van der Waals surface area contributed by atoms with Gasteiger partial charge in [0.25, 0.3) is 5.91 Å². The minimum atomic E-state index is -0.639. The molecule has 0 bridgehead atoms. The van der Waals surface area contributed by atoms with E-state index in [0.717, 1.165) is 12.1 Å². The fraction of sp³-hybridized carbons (Fsp3) is 0.222. The van der Waals surface area contributed by atoms with Crippen molar-refractivity contribution in [2.24, 2.45) is 0 Å². The zero-order valence-corrected chi connectivity index (χ0v) is 14.0. The van der Waals surface area contributed by atoms with Crippen molar-refractivity contribution in [3.8, 4) is 5.75 Å². The number of hydrogen-bond acceptors (Lipinski definition) is 3. The van der Waals surface area contributed by atoms with Crippen LogP contribution in [0.4, 0.5) is 5.69 Å². The number of anilines is 1. The van der Waals surface area contributed by atoms with E-state index in [2.05, 4.69) is 17.6 Å². The molecule has 0 aromatic heterocycles. The summed E-state index contributed by atoms with van der Waals surface area (Å²) in [5, 5.41) is 5.87. The molecule has 2 N–H and O–H groups in total. The molecule has 23 heavy (non-hydrogen) atoms. The van der Waals surface area contributed by atoms with Crippen LogP contribution < -0.4 is 15.4 Å². The molecular formula is C18H20N2O2S. The summed E-state index contributed by atoms with van der Waals surface area (Å²) < 4.78 is 5.56. The van der Waals surface area contributed by atoms with Crippen molar-refractivity contribution >= 4 is 28.9 Å². The maximum atomic E-state index is 12.1. The van der Waals surface area contributed by atoms with Gasteiger partial charge in [-0.05, 0) is 55.4 Å². The van der Waals surface area contributed by atoms with Gasteiger partial charge in [-0.3, -0.25) is 10.1 Å².